The highest BCUT2D eigenvalue weighted by molar-refractivity contribution is 5.91. The number of Topliss-reactive ketones (excluding diaryl/α,β-unsaturated/α-hetero) is 1. The molecule has 2 unspecified atom stereocenters. The van der Waals surface area contributed by atoms with Crippen molar-refractivity contribution in [1.82, 2.24) is 0 Å². The van der Waals surface area contributed by atoms with E-state index in [1.54, 1.807) is 0 Å². The van der Waals surface area contributed by atoms with Gasteiger partial charge in [-0.25, -0.2) is 13.6 Å². The van der Waals surface area contributed by atoms with Crippen LogP contribution in [0.15, 0.2) is 23.4 Å². The number of hydrogen-bond acceptors (Lipinski definition) is 10. The molecule has 1 heterocycles. The molecule has 0 radical (unpaired) electrons. The number of carboxylic acid groups (broad SMARTS) is 1. The van der Waals surface area contributed by atoms with Crippen LogP contribution in [-0.4, -0.2) is 74.8 Å². The maximum atomic E-state index is 13.8. The Balaban J connectivity index is 2.31. The summed E-state index contributed by atoms with van der Waals surface area (Å²) >= 11 is 0. The minimum atomic E-state index is -3.18. The number of nitrogens with one attached hydrogen (secondary N) is 1. The van der Waals surface area contributed by atoms with Crippen LogP contribution in [0.1, 0.15) is 51.0 Å². The molecule has 1 amide bonds. The maximum absolute atomic E-state index is 13.8. The van der Waals surface area contributed by atoms with Gasteiger partial charge in [-0.2, -0.15) is 4.91 Å². The third-order valence-corrected chi connectivity index (χ3v) is 5.49. The number of alkyl halides is 2. The number of ether oxygens (including phenoxy) is 2. The molecular weight excluding hydrogens is 490 g/mol. The second-order valence-electron chi connectivity index (χ2n) is 8.41. The average molecular weight is 518 g/mol. The van der Waals surface area contributed by atoms with Gasteiger partial charge in [0.2, 0.25) is 5.91 Å². The Morgan fingerprint density at radius 1 is 1.31 bits per heavy atom. The van der Waals surface area contributed by atoms with E-state index in [1.807, 2.05) is 0 Å². The number of ketones is 1. The number of nitrogens with zero attached hydrogens (tertiary/aromatic N) is 1. The van der Waals surface area contributed by atoms with Gasteiger partial charge >= 0.3 is 11.8 Å². The Hall–Kier alpha value is -3.07. The van der Waals surface area contributed by atoms with Crippen molar-refractivity contribution in [2.45, 2.75) is 75.6 Å². The highest BCUT2D eigenvalue weighted by atomic mass is 19.3. The van der Waals surface area contributed by atoms with Crippen molar-refractivity contribution < 1.29 is 53.1 Å². The first-order chi connectivity index (χ1) is 16.9. The van der Waals surface area contributed by atoms with Crippen LogP contribution in [0, 0.1) is 4.91 Å². The third kappa shape index (κ3) is 7.46. The summed E-state index contributed by atoms with van der Waals surface area (Å²) in [7, 11) is 0. The lowest BCUT2D eigenvalue weighted by molar-refractivity contribution is -0.266. The average Bonchev–Trinajstić information content (AvgIpc) is 2.79. The highest BCUT2D eigenvalue weighted by Gasteiger charge is 2.55. The number of hydrogen-bond donors (Lipinski definition) is 5. The van der Waals surface area contributed by atoms with Gasteiger partial charge in [0.05, 0.1) is 36.9 Å². The summed E-state index contributed by atoms with van der Waals surface area (Å²) in [4.78, 5) is 46.3. The molecule has 36 heavy (non-hydrogen) atoms. The zero-order valence-electron chi connectivity index (χ0n) is 19.3. The molecule has 1 saturated heterocycles. The lowest BCUT2D eigenvalue weighted by Crippen LogP contribution is -2.61. The molecule has 2 rings (SSSR count). The van der Waals surface area contributed by atoms with Gasteiger partial charge in [-0.1, -0.05) is 5.18 Å². The second-order valence-corrected chi connectivity index (χ2v) is 8.41. The van der Waals surface area contributed by atoms with Crippen molar-refractivity contribution in [3.63, 3.8) is 0 Å². The fourth-order valence-electron chi connectivity index (χ4n) is 3.71. The predicted octanol–water partition coefficient (Wildman–Crippen LogP) is 1.51. The number of halogens is 2. The molecule has 1 aromatic rings. The van der Waals surface area contributed by atoms with Crippen LogP contribution in [0.4, 0.5) is 14.5 Å². The molecule has 1 aliphatic heterocycles. The Morgan fingerprint density at radius 2 is 2.00 bits per heavy atom. The molecule has 200 valence electrons. The third-order valence-electron chi connectivity index (χ3n) is 5.49. The first-order valence-electron chi connectivity index (χ1n) is 11.0. The molecule has 0 saturated carbocycles. The van der Waals surface area contributed by atoms with E-state index in [2.05, 4.69) is 10.5 Å². The van der Waals surface area contributed by atoms with Crippen LogP contribution in [-0.2, 0) is 19.1 Å². The number of carbonyl (C=O) groups excluding carboxylic acids is 2. The summed E-state index contributed by atoms with van der Waals surface area (Å²) in [5.41, 5.74) is -0.827. The minimum absolute atomic E-state index is 0.0251. The topological polar surface area (TPSA) is 192 Å². The molecule has 1 aromatic carbocycles. The zero-order valence-corrected chi connectivity index (χ0v) is 19.3. The SMILES string of the molecule is CC(=O)CCCC(=O)Nc1ccc(O[C@]2(C(=O)O)CC(O)[C@@H](N=O)C(C[C@H](O)CO)O2)c(C(F)F)c1. The summed E-state index contributed by atoms with van der Waals surface area (Å²) in [6.07, 6.45) is -8.81. The Bertz CT molecular complexity index is 963. The van der Waals surface area contributed by atoms with Crippen LogP contribution in [0.2, 0.25) is 0 Å². The van der Waals surface area contributed by atoms with Crippen molar-refractivity contribution in [3.05, 3.63) is 28.7 Å². The molecular formula is C22H28F2N2O10. The number of benzene rings is 1. The number of amides is 1. The van der Waals surface area contributed by atoms with Gasteiger partial charge < -0.3 is 40.0 Å². The van der Waals surface area contributed by atoms with Gasteiger partial charge in [0.1, 0.15) is 17.6 Å². The zero-order chi connectivity index (χ0) is 27.0. The van der Waals surface area contributed by atoms with E-state index in [0.717, 1.165) is 12.1 Å². The van der Waals surface area contributed by atoms with Crippen molar-refractivity contribution >= 4 is 23.3 Å². The van der Waals surface area contributed by atoms with E-state index in [-0.39, 0.29) is 30.7 Å². The van der Waals surface area contributed by atoms with Crippen molar-refractivity contribution in [3.8, 4) is 5.75 Å². The van der Waals surface area contributed by atoms with Crippen molar-refractivity contribution in [2.75, 3.05) is 11.9 Å². The van der Waals surface area contributed by atoms with Crippen LogP contribution in [0.5, 0.6) is 5.75 Å². The number of aliphatic hydroxyl groups excluding tert-OH is 3. The fraction of sp³-hybridized carbons (Fsp3) is 0.591. The van der Waals surface area contributed by atoms with E-state index in [4.69, 9.17) is 14.6 Å². The number of carboxylic acids is 1. The molecule has 1 fully saturated rings. The number of aliphatic hydroxyl groups is 3. The minimum Gasteiger partial charge on any atom is -0.476 e. The van der Waals surface area contributed by atoms with E-state index in [9.17, 15) is 43.4 Å². The quantitative estimate of drug-likeness (QED) is 0.239. The second kappa shape index (κ2) is 12.8. The van der Waals surface area contributed by atoms with Crippen molar-refractivity contribution in [2.24, 2.45) is 5.18 Å². The van der Waals surface area contributed by atoms with E-state index < -0.39 is 79.2 Å². The molecule has 5 atom stereocenters. The Labute approximate surface area is 204 Å². The molecule has 14 heteroatoms. The molecule has 5 N–H and O–H groups in total. The van der Waals surface area contributed by atoms with Crippen LogP contribution >= 0.6 is 0 Å². The number of carbonyl (C=O) groups is 3. The lowest BCUT2D eigenvalue weighted by atomic mass is 9.90. The predicted molar refractivity (Wildman–Crippen MR) is 118 cm³/mol. The van der Waals surface area contributed by atoms with Gasteiger partial charge in [-0.05, 0) is 31.5 Å². The van der Waals surface area contributed by atoms with Crippen LogP contribution in [0.25, 0.3) is 0 Å². The van der Waals surface area contributed by atoms with E-state index >= 15 is 0 Å². The molecule has 0 spiro atoms. The number of rotatable bonds is 13. The molecule has 0 bridgehead atoms. The monoisotopic (exact) mass is 518 g/mol. The van der Waals surface area contributed by atoms with Gasteiger partial charge in [-0.3, -0.25) is 4.79 Å². The summed E-state index contributed by atoms with van der Waals surface area (Å²) in [6.45, 7) is 0.608. The molecule has 12 nitrogen and oxygen atoms in total. The first-order valence-corrected chi connectivity index (χ1v) is 11.0. The van der Waals surface area contributed by atoms with E-state index in [1.165, 1.54) is 13.0 Å². The largest absolute Gasteiger partial charge is 0.476 e. The molecule has 0 aliphatic carbocycles. The number of aliphatic carboxylic acids is 1. The summed E-state index contributed by atoms with van der Waals surface area (Å²) in [5.74, 6) is -5.80. The molecule has 1 aliphatic rings. The maximum Gasteiger partial charge on any atom is 0.377 e. The van der Waals surface area contributed by atoms with Crippen molar-refractivity contribution in [1.29, 1.82) is 0 Å². The van der Waals surface area contributed by atoms with Gasteiger partial charge in [0, 0.05) is 24.9 Å². The van der Waals surface area contributed by atoms with Crippen LogP contribution < -0.4 is 10.1 Å². The summed E-state index contributed by atoms with van der Waals surface area (Å²) in [6, 6.07) is 1.52. The standard InChI is InChI=1S/C22H28F2N2O10/c1-11(28)3-2-4-18(31)25-12-5-6-16(14(7-12)20(23)24)35-22(21(32)33)9-15(30)19(26-34)17(36-22)8-13(29)10-27/h5-7,13,15,17,19-20,27,29-30H,2-4,8-10H2,1H3,(H,25,31)(H,32,33)/t13-,15?,17?,19+,22+/m0/s1. The Kier molecular flexibility index (Phi) is 10.3. The molecule has 0 aromatic heterocycles. The Morgan fingerprint density at radius 3 is 2.56 bits per heavy atom. The van der Waals surface area contributed by atoms with Crippen LogP contribution in [0.3, 0.4) is 0 Å². The van der Waals surface area contributed by atoms with E-state index in [0.29, 0.717) is 0 Å². The fourth-order valence-corrected chi connectivity index (χ4v) is 3.71. The smallest absolute Gasteiger partial charge is 0.377 e. The summed E-state index contributed by atoms with van der Waals surface area (Å²) in [5, 5.41) is 44.0. The van der Waals surface area contributed by atoms with Gasteiger partial charge in [-0.15, -0.1) is 0 Å². The lowest BCUT2D eigenvalue weighted by Gasteiger charge is -2.42. The normalized spacial score (nSPS) is 24.7. The van der Waals surface area contributed by atoms with Gasteiger partial charge in [0.25, 0.3) is 6.43 Å². The van der Waals surface area contributed by atoms with Gasteiger partial charge in [0.15, 0.2) is 0 Å². The highest BCUT2D eigenvalue weighted by Crippen LogP contribution is 2.39. The first kappa shape index (κ1) is 29.2. The number of nitroso groups, excluding NO2 is 1. The number of anilines is 1. The summed E-state index contributed by atoms with van der Waals surface area (Å²) < 4.78 is 38.4.